The number of rotatable bonds is 6. The van der Waals surface area contributed by atoms with Crippen molar-refractivity contribution in [2.45, 2.75) is 142 Å². The number of allylic oxidation sites excluding steroid dienone is 2. The molecule has 0 radical (unpaired) electrons. The number of carbonyl (C=O) groups excluding carboxylic acids is 1. The summed E-state index contributed by atoms with van der Waals surface area (Å²) in [5.41, 5.74) is -1.42. The molecule has 0 saturated heterocycles. The Morgan fingerprint density at radius 2 is 1.44 bits per heavy atom. The van der Waals surface area contributed by atoms with Gasteiger partial charge in [0.25, 0.3) is 5.91 Å². The molecular weight excluding hydrogens is 718 g/mol. The smallest absolute Gasteiger partial charge is 0.257 e. The van der Waals surface area contributed by atoms with Gasteiger partial charge in [-0.15, -0.1) is 0 Å². The number of aliphatic hydroxyl groups excluding tert-OH is 6. The first-order chi connectivity index (χ1) is 25.6. The maximum atomic E-state index is 14.6. The van der Waals surface area contributed by atoms with Crippen LogP contribution in [0.2, 0.25) is 0 Å². The molecule has 5 fully saturated rings. The quantitative estimate of drug-likeness (QED) is 0.110. The van der Waals surface area contributed by atoms with Crippen LogP contribution in [0.5, 0.6) is 0 Å². The van der Waals surface area contributed by atoms with Gasteiger partial charge in [-0.05, 0) is 110 Å². The zero-order valence-corrected chi connectivity index (χ0v) is 33.0. The van der Waals surface area contributed by atoms with Crippen molar-refractivity contribution in [2.24, 2.45) is 62.6 Å². The molecule has 1 aromatic carbocycles. The second kappa shape index (κ2) is 13.8. The molecule has 6 aliphatic carbocycles. The van der Waals surface area contributed by atoms with Gasteiger partial charge in [0.1, 0.15) is 5.56 Å². The zero-order chi connectivity index (χ0) is 40.4. The molecule has 8 unspecified atom stereocenters. The number of hydrogen-bond donors (Lipinski definition) is 7. The minimum atomic E-state index is -1.71. The molecule has 0 heterocycles. The van der Waals surface area contributed by atoms with E-state index in [0.29, 0.717) is 19.3 Å². The summed E-state index contributed by atoms with van der Waals surface area (Å²) in [4.78, 5) is 13.2. The van der Waals surface area contributed by atoms with E-state index in [0.717, 1.165) is 44.9 Å². The molecule has 1 amide bonds. The van der Waals surface area contributed by atoms with E-state index in [-0.39, 0.29) is 46.0 Å². The van der Waals surface area contributed by atoms with Crippen molar-refractivity contribution >= 4 is 5.91 Å². The zero-order valence-electron chi connectivity index (χ0n) is 33.0. The number of aliphatic hydroxyl groups is 6. The van der Waals surface area contributed by atoms with E-state index in [1.165, 1.54) is 5.57 Å². The third-order valence-electron chi connectivity index (χ3n) is 17.1. The summed E-state index contributed by atoms with van der Waals surface area (Å²) in [5, 5.41) is 69.0. The van der Waals surface area contributed by atoms with Crippen LogP contribution in [-0.2, 0) is 0 Å². The lowest BCUT2D eigenvalue weighted by molar-refractivity contribution is -0.186. The van der Waals surface area contributed by atoms with Crippen LogP contribution in [0.15, 0.2) is 17.7 Å². The van der Waals surface area contributed by atoms with Crippen molar-refractivity contribution in [1.29, 1.82) is 0 Å². The van der Waals surface area contributed by atoms with Crippen molar-refractivity contribution in [3.63, 3.8) is 0 Å². The molecule has 5 saturated carbocycles. The molecule has 0 spiro atoms. The van der Waals surface area contributed by atoms with Crippen molar-refractivity contribution in [3.05, 3.63) is 46.5 Å². The van der Waals surface area contributed by atoms with E-state index >= 15 is 0 Å². The summed E-state index contributed by atoms with van der Waals surface area (Å²) in [6.45, 7) is 12.8. The fourth-order valence-corrected chi connectivity index (χ4v) is 14.1. The molecule has 0 aromatic heterocycles. The van der Waals surface area contributed by atoms with Gasteiger partial charge < -0.3 is 36.0 Å². The Morgan fingerprint density at radius 1 is 0.800 bits per heavy atom. The van der Waals surface area contributed by atoms with Gasteiger partial charge in [0.15, 0.2) is 23.3 Å². The van der Waals surface area contributed by atoms with Crippen molar-refractivity contribution in [2.75, 3.05) is 6.61 Å². The van der Waals surface area contributed by atoms with Gasteiger partial charge in [0.05, 0.1) is 37.1 Å². The van der Waals surface area contributed by atoms with Gasteiger partial charge in [-0.25, -0.2) is 17.6 Å². The van der Waals surface area contributed by atoms with Gasteiger partial charge in [-0.2, -0.15) is 0 Å². The highest BCUT2D eigenvalue weighted by atomic mass is 19.2. The predicted octanol–water partition coefficient (Wildman–Crippen LogP) is 5.80. The van der Waals surface area contributed by atoms with Gasteiger partial charge in [0.2, 0.25) is 0 Å². The second-order valence-corrected chi connectivity index (χ2v) is 20.4. The third kappa shape index (κ3) is 5.99. The highest BCUT2D eigenvalue weighted by Crippen LogP contribution is 2.72. The van der Waals surface area contributed by atoms with Crippen LogP contribution in [-0.4, -0.2) is 79.7 Å². The van der Waals surface area contributed by atoms with Crippen LogP contribution in [0.25, 0.3) is 0 Å². The molecule has 1 aromatic rings. The monoisotopic (exact) mass is 779 g/mol. The number of carbonyl (C=O) groups is 1. The lowest BCUT2D eigenvalue weighted by Crippen LogP contribution is -2.65. The van der Waals surface area contributed by atoms with E-state index in [9.17, 15) is 53.0 Å². The Balaban J connectivity index is 1.16. The summed E-state index contributed by atoms with van der Waals surface area (Å²) in [6.07, 6.45) is 2.87. The second-order valence-electron chi connectivity index (χ2n) is 20.4. The van der Waals surface area contributed by atoms with Crippen LogP contribution in [0, 0.1) is 85.9 Å². The van der Waals surface area contributed by atoms with E-state index in [1.54, 1.807) is 0 Å². The summed E-state index contributed by atoms with van der Waals surface area (Å²) in [5.74, 6) is -9.50. The average Bonchev–Trinajstić information content (AvgIpc) is 3.33. The minimum Gasteiger partial charge on any atom is -0.396 e. The van der Waals surface area contributed by atoms with Crippen molar-refractivity contribution < 1.29 is 53.0 Å². The highest BCUT2D eigenvalue weighted by Gasteiger charge is 2.67. The summed E-state index contributed by atoms with van der Waals surface area (Å²) < 4.78 is 57.3. The lowest BCUT2D eigenvalue weighted by Gasteiger charge is -2.69. The largest absolute Gasteiger partial charge is 0.396 e. The van der Waals surface area contributed by atoms with Crippen molar-refractivity contribution in [3.8, 4) is 0 Å². The highest BCUT2D eigenvalue weighted by molar-refractivity contribution is 5.95. The first kappa shape index (κ1) is 41.1. The van der Waals surface area contributed by atoms with E-state index in [4.69, 9.17) is 0 Å². The van der Waals surface area contributed by atoms with Gasteiger partial charge in [0, 0.05) is 29.4 Å². The van der Waals surface area contributed by atoms with Crippen LogP contribution in [0.3, 0.4) is 0 Å². The standard InChI is InChI=1S/C43H61F4NO7/c1-39(2)15-16-43(37(54)36(53)30-33(50)21(19-49)34(51)35(30)52)14-9-22-20(23(43)18-39)7-8-27-41(22,5)12-10-26-40(3,4)28(11-13-42(26,27)6)48-38(55)29-31(46)24(44)17-25(45)32(29)47/h7,17,21-23,26-28,30,33-37,49-54H,8-16,18-19H2,1-6H3,(H,48,55)/t21?,22?,23?,26?,27?,28-,30?,33?,34-,35?,36-,37+,41-,42-,43+/m0/s1. The maximum Gasteiger partial charge on any atom is 0.257 e. The van der Waals surface area contributed by atoms with Gasteiger partial charge >= 0.3 is 0 Å². The molecule has 12 heteroatoms. The first-order valence-electron chi connectivity index (χ1n) is 20.4. The fourth-order valence-electron chi connectivity index (χ4n) is 14.1. The number of amides is 1. The average molecular weight is 780 g/mol. The summed E-state index contributed by atoms with van der Waals surface area (Å²) in [6, 6.07) is -0.388. The molecule has 55 heavy (non-hydrogen) atoms. The normalized spacial score (nSPS) is 44.3. The fraction of sp³-hybridized carbons (Fsp3) is 0.791. The van der Waals surface area contributed by atoms with Crippen LogP contribution in [0.1, 0.15) is 116 Å². The molecule has 308 valence electrons. The summed E-state index contributed by atoms with van der Waals surface area (Å²) in [7, 11) is 0. The summed E-state index contributed by atoms with van der Waals surface area (Å²) >= 11 is 0. The maximum absolute atomic E-state index is 14.6. The predicted molar refractivity (Wildman–Crippen MR) is 196 cm³/mol. The molecule has 7 rings (SSSR count). The van der Waals surface area contributed by atoms with Crippen LogP contribution >= 0.6 is 0 Å². The van der Waals surface area contributed by atoms with Crippen molar-refractivity contribution in [1.82, 2.24) is 5.32 Å². The molecule has 6 aliphatic rings. The Bertz CT molecular complexity index is 1700. The molecule has 0 bridgehead atoms. The number of fused-ring (bicyclic) bond motifs is 7. The van der Waals surface area contributed by atoms with Crippen LogP contribution < -0.4 is 5.32 Å². The Hall–Kier alpha value is -2.09. The van der Waals surface area contributed by atoms with E-state index < -0.39 is 101 Å². The molecule has 8 nitrogen and oxygen atoms in total. The Kier molecular flexibility index (Phi) is 10.3. The number of benzene rings is 1. The van der Waals surface area contributed by atoms with Gasteiger partial charge in [-0.3, -0.25) is 4.79 Å². The molecule has 7 N–H and O–H groups in total. The minimum absolute atomic E-state index is 0.0243. The molecule has 0 aliphatic heterocycles. The van der Waals surface area contributed by atoms with E-state index in [1.807, 2.05) is 0 Å². The first-order valence-corrected chi connectivity index (χ1v) is 20.4. The third-order valence-corrected chi connectivity index (χ3v) is 17.1. The Morgan fingerprint density at radius 3 is 2.05 bits per heavy atom. The number of halogens is 4. The molecule has 15 atom stereocenters. The van der Waals surface area contributed by atoms with Crippen LogP contribution in [0.4, 0.5) is 17.6 Å². The lowest BCUT2D eigenvalue weighted by atomic mass is 9.36. The molecular formula is C43H61F4NO7. The number of hydrogen-bond acceptors (Lipinski definition) is 7. The Labute approximate surface area is 321 Å². The number of nitrogens with one attached hydrogen (secondary N) is 1. The van der Waals surface area contributed by atoms with E-state index in [2.05, 4.69) is 52.9 Å². The SMILES string of the molecule is CC1(C)CC[C@]2([C@H](O)[C@@H](O)C3C(O)C(CO)[C@H](O)C3O)CCC3C(=CCC4[C@@]3(C)CCC3C(C)(C)[C@@H](NC(=O)c5c(F)c(F)cc(F)c5F)CC[C@@]34C)C2C1. The van der Waals surface area contributed by atoms with Gasteiger partial charge in [-0.1, -0.05) is 53.2 Å². The topological polar surface area (TPSA) is 150 Å².